The fourth-order valence-electron chi connectivity index (χ4n) is 10.3. The molecule has 0 unspecified atom stereocenters. The van der Waals surface area contributed by atoms with E-state index in [0.29, 0.717) is 10.8 Å². The van der Waals surface area contributed by atoms with Crippen LogP contribution in [-0.2, 0) is 36.2 Å². The van der Waals surface area contributed by atoms with Crippen LogP contribution in [0.15, 0.2) is 109 Å². The van der Waals surface area contributed by atoms with Crippen LogP contribution < -0.4 is 24.8 Å². The van der Waals surface area contributed by atoms with Crippen molar-refractivity contribution in [3.63, 3.8) is 0 Å². The zero-order valence-electron chi connectivity index (χ0n) is 37.9. The second-order valence-electron chi connectivity index (χ2n) is 18.7. The van der Waals surface area contributed by atoms with Gasteiger partial charge in [0.2, 0.25) is 0 Å². The van der Waals surface area contributed by atoms with Crippen molar-refractivity contribution in [1.29, 1.82) is 0 Å². The summed E-state index contributed by atoms with van der Waals surface area (Å²) in [5.41, 5.74) is 12.4. The van der Waals surface area contributed by atoms with Gasteiger partial charge in [-0.25, -0.2) is 0 Å². The van der Waals surface area contributed by atoms with Crippen LogP contribution in [0.5, 0.6) is 0 Å². The summed E-state index contributed by atoms with van der Waals surface area (Å²) in [5, 5.41) is 5.65. The van der Waals surface area contributed by atoms with Gasteiger partial charge in [0.15, 0.2) is 0 Å². The summed E-state index contributed by atoms with van der Waals surface area (Å²) in [6.07, 6.45) is 25.1. The van der Waals surface area contributed by atoms with Gasteiger partial charge in [0.25, 0.3) is 0 Å². The Morgan fingerprint density at radius 1 is 0.500 bits per heavy atom. The van der Waals surface area contributed by atoms with Crippen LogP contribution in [-0.4, -0.2) is 5.43 Å². The Morgan fingerprint density at radius 2 is 0.817 bits per heavy atom. The minimum atomic E-state index is 0. The third-order valence-electron chi connectivity index (χ3n) is 13.8. The minimum absolute atomic E-state index is 0. The summed E-state index contributed by atoms with van der Waals surface area (Å²) in [7, 11) is 0. The fraction of sp³-hybridized carbons (Fsp3) is 0.464. The maximum Gasteiger partial charge on any atom is -1.00 e. The summed E-state index contributed by atoms with van der Waals surface area (Å²) >= 11 is 1.74. The van der Waals surface area contributed by atoms with E-state index in [4.69, 9.17) is 0 Å². The van der Waals surface area contributed by atoms with Crippen molar-refractivity contribution >= 4 is 27.0 Å². The number of hydrogen-bond donors (Lipinski definition) is 0. The van der Waals surface area contributed by atoms with Crippen molar-refractivity contribution < 1.29 is 48.1 Å². The quantitative estimate of drug-likeness (QED) is 0.105. The van der Waals surface area contributed by atoms with Gasteiger partial charge in [0.05, 0.1) is 0 Å². The Morgan fingerprint density at radius 3 is 1.13 bits per heavy atom. The van der Waals surface area contributed by atoms with Crippen molar-refractivity contribution in [2.75, 3.05) is 0 Å². The molecule has 0 N–H and O–H groups in total. The van der Waals surface area contributed by atoms with Crippen molar-refractivity contribution in [1.82, 2.24) is 0 Å². The SMILES string of the molecule is CCC1(Cc2cc3c(-c4ccc(C)cc4)cccc3[cH-]2)CCCCCCC1.CCC1(Cc2cc3c(-c4ccc(C)cc4)cccc3[cH-]2)CCCCCCC1.C[Si](C)=[Zr+2].[Cl-].[Cl-]. The van der Waals surface area contributed by atoms with E-state index in [0.717, 1.165) is 0 Å². The van der Waals surface area contributed by atoms with E-state index in [1.807, 2.05) is 0 Å². The molecule has 0 nitrogen and oxygen atoms in total. The first-order valence-corrected chi connectivity index (χ1v) is 29.3. The molecule has 0 aromatic heterocycles. The molecule has 0 bridgehead atoms. The van der Waals surface area contributed by atoms with Crippen molar-refractivity contribution in [2.24, 2.45) is 10.8 Å². The summed E-state index contributed by atoms with van der Waals surface area (Å²) in [6.45, 7) is 13.8. The second kappa shape index (κ2) is 24.6. The van der Waals surface area contributed by atoms with Crippen LogP contribution in [0.2, 0.25) is 13.1 Å². The molecule has 2 saturated carbocycles. The zero-order valence-corrected chi connectivity index (χ0v) is 42.8. The Kier molecular flexibility index (Phi) is 20.7. The molecule has 0 radical (unpaired) electrons. The standard InChI is InChI=1S/2C27H33.C2H6Si.2ClH.Zr/c2*1-3-27(16-7-5-4-6-8-17-27)20-22-18-24-10-9-11-25(26(24)19-22)23-14-12-21(2)13-15-23;1-3-2;;;/h2*9-15,18-19H,3-8,16-17,20H2,1-2H3;1-2H3;2*1H;/q2*-1;;;;+2/p-2. The molecular weight excluding hydrogens is 863 g/mol. The predicted octanol–water partition coefficient (Wildman–Crippen LogP) is 11.2. The molecule has 0 heterocycles. The first-order valence-electron chi connectivity index (χ1n) is 23.1. The molecule has 2 aliphatic carbocycles. The molecule has 2 aliphatic rings. The molecule has 0 amide bonds. The zero-order chi connectivity index (χ0) is 41.0. The summed E-state index contributed by atoms with van der Waals surface area (Å²) in [4.78, 5) is 0. The average Bonchev–Trinajstić information content (AvgIpc) is 3.81. The predicted molar refractivity (Wildman–Crippen MR) is 254 cm³/mol. The van der Waals surface area contributed by atoms with Crippen LogP contribution in [0.1, 0.15) is 139 Å². The molecule has 6 aromatic carbocycles. The Balaban J connectivity index is 0.000000236. The van der Waals surface area contributed by atoms with Gasteiger partial charge in [-0.15, -0.1) is 69.1 Å². The third kappa shape index (κ3) is 13.9. The monoisotopic (exact) mass is 932 g/mol. The molecule has 0 saturated heterocycles. The Hall–Kier alpha value is -2.22. The summed E-state index contributed by atoms with van der Waals surface area (Å²) < 4.78 is 0. The van der Waals surface area contributed by atoms with Crippen LogP contribution in [0, 0.1) is 24.7 Å². The third-order valence-corrected chi connectivity index (χ3v) is 13.8. The van der Waals surface area contributed by atoms with Gasteiger partial charge in [-0.05, 0) is 74.3 Å². The minimum Gasteiger partial charge on any atom is -1.00 e. The van der Waals surface area contributed by atoms with Gasteiger partial charge in [0.1, 0.15) is 0 Å². The largest absolute Gasteiger partial charge is 1.00 e. The van der Waals surface area contributed by atoms with E-state index in [1.165, 1.54) is 171 Å². The number of halogens is 2. The van der Waals surface area contributed by atoms with E-state index < -0.39 is 0 Å². The molecule has 2 fully saturated rings. The Bertz CT molecular complexity index is 2020. The van der Waals surface area contributed by atoms with E-state index in [2.05, 4.69) is 150 Å². The van der Waals surface area contributed by atoms with E-state index in [9.17, 15) is 0 Å². The number of fused-ring (bicyclic) bond motifs is 2. The maximum absolute atomic E-state index is 2.49. The molecule has 0 aliphatic heterocycles. The molecule has 4 heteroatoms. The first-order chi connectivity index (χ1) is 28.1. The van der Waals surface area contributed by atoms with Gasteiger partial charge >= 0.3 is 41.9 Å². The number of hydrogen-bond acceptors (Lipinski definition) is 0. The smallest absolute Gasteiger partial charge is 1.00 e. The maximum atomic E-state index is 2.49. The molecule has 320 valence electrons. The number of benzene rings is 4. The molecule has 8 rings (SSSR count). The molecular formula is C56H72Cl2SiZr-2. The van der Waals surface area contributed by atoms with Gasteiger partial charge < -0.3 is 24.8 Å². The van der Waals surface area contributed by atoms with Crippen LogP contribution in [0.3, 0.4) is 0 Å². The van der Waals surface area contributed by atoms with E-state index in [-0.39, 0.29) is 30.2 Å². The first kappa shape index (κ1) is 50.4. The molecule has 6 aromatic rings. The van der Waals surface area contributed by atoms with Gasteiger partial charge in [-0.1, -0.05) is 174 Å². The van der Waals surface area contributed by atoms with Crippen molar-refractivity contribution in [3.05, 3.63) is 131 Å². The van der Waals surface area contributed by atoms with Crippen LogP contribution in [0.25, 0.3) is 43.8 Å². The topological polar surface area (TPSA) is 0 Å². The van der Waals surface area contributed by atoms with Crippen LogP contribution in [0.4, 0.5) is 0 Å². The Labute approximate surface area is 393 Å². The molecule has 60 heavy (non-hydrogen) atoms. The second-order valence-corrected chi connectivity index (χ2v) is 28.0. The average molecular weight is 935 g/mol. The molecule has 0 atom stereocenters. The van der Waals surface area contributed by atoms with Crippen molar-refractivity contribution in [2.45, 2.75) is 156 Å². The van der Waals surface area contributed by atoms with E-state index >= 15 is 0 Å². The van der Waals surface area contributed by atoms with Gasteiger partial charge in [-0.3, -0.25) is 0 Å². The summed E-state index contributed by atoms with van der Waals surface area (Å²) in [6, 6.07) is 41.4. The van der Waals surface area contributed by atoms with E-state index in [1.54, 1.807) is 34.5 Å². The number of rotatable bonds is 8. The van der Waals surface area contributed by atoms with Gasteiger partial charge in [0, 0.05) is 0 Å². The normalized spacial score (nSPS) is 16.3. The van der Waals surface area contributed by atoms with Crippen LogP contribution >= 0.6 is 0 Å². The summed E-state index contributed by atoms with van der Waals surface area (Å²) in [5.74, 6) is 0. The van der Waals surface area contributed by atoms with Gasteiger partial charge in [-0.2, -0.15) is 12.1 Å². The number of aryl methyl sites for hydroxylation is 2. The van der Waals surface area contributed by atoms with Crippen molar-refractivity contribution in [3.8, 4) is 22.3 Å². The fourth-order valence-corrected chi connectivity index (χ4v) is 10.3. The molecule has 0 spiro atoms.